The minimum absolute atomic E-state index is 0.0320. The average molecular weight is 358 g/mol. The van der Waals surface area contributed by atoms with Crippen LogP contribution in [0.4, 0.5) is 0 Å². The largest absolute Gasteiger partial charge is 0.341 e. The smallest absolute Gasteiger partial charge is 0.239 e. The molecule has 5 heteroatoms. The molecule has 4 rings (SSSR count). The Morgan fingerprint density at radius 3 is 2.52 bits per heavy atom. The number of thiophene rings is 1. The second-order valence-corrected chi connectivity index (χ2v) is 8.44. The standard InChI is InChI=1S/C20H27N3OS/c1-16(20(24)23-8-4-5-9-23)22-12-10-21(11-13-22)15-18-14-17-6-2-3-7-19(17)25-18/h2-3,6-7,14,16H,4-5,8-13,15H2,1H3. The lowest BCUT2D eigenvalue weighted by atomic mass is 10.2. The highest BCUT2D eigenvalue weighted by Gasteiger charge is 2.29. The molecule has 1 atom stereocenters. The summed E-state index contributed by atoms with van der Waals surface area (Å²) in [4.78, 5) is 21.0. The van der Waals surface area contributed by atoms with Crippen molar-refractivity contribution in [2.75, 3.05) is 39.3 Å². The highest BCUT2D eigenvalue weighted by Crippen LogP contribution is 2.26. The fourth-order valence-corrected chi connectivity index (χ4v) is 5.11. The lowest BCUT2D eigenvalue weighted by molar-refractivity contribution is -0.136. The van der Waals surface area contributed by atoms with Crippen LogP contribution in [0.25, 0.3) is 10.1 Å². The second kappa shape index (κ2) is 7.44. The molecule has 2 fully saturated rings. The molecule has 2 aliphatic heterocycles. The van der Waals surface area contributed by atoms with E-state index < -0.39 is 0 Å². The molecule has 1 amide bonds. The third-order valence-electron chi connectivity index (χ3n) is 5.59. The van der Waals surface area contributed by atoms with E-state index in [2.05, 4.69) is 47.1 Å². The molecule has 1 unspecified atom stereocenters. The molecule has 1 aromatic carbocycles. The summed E-state index contributed by atoms with van der Waals surface area (Å²) in [6.07, 6.45) is 2.34. The van der Waals surface area contributed by atoms with Gasteiger partial charge in [0, 0.05) is 55.4 Å². The van der Waals surface area contributed by atoms with E-state index in [1.807, 2.05) is 16.2 Å². The summed E-state index contributed by atoms with van der Waals surface area (Å²) in [5.41, 5.74) is 0. The molecule has 4 nitrogen and oxygen atoms in total. The van der Waals surface area contributed by atoms with Crippen LogP contribution in [0, 0.1) is 0 Å². The van der Waals surface area contributed by atoms with Crippen molar-refractivity contribution in [3.63, 3.8) is 0 Å². The zero-order valence-electron chi connectivity index (χ0n) is 15.0. The lowest BCUT2D eigenvalue weighted by Gasteiger charge is -2.38. The quantitative estimate of drug-likeness (QED) is 0.841. The number of fused-ring (bicyclic) bond motifs is 1. The van der Waals surface area contributed by atoms with Crippen LogP contribution in [-0.2, 0) is 11.3 Å². The van der Waals surface area contributed by atoms with Crippen molar-refractivity contribution in [1.82, 2.24) is 14.7 Å². The van der Waals surface area contributed by atoms with E-state index in [4.69, 9.17) is 0 Å². The molecule has 25 heavy (non-hydrogen) atoms. The van der Waals surface area contributed by atoms with Crippen LogP contribution < -0.4 is 0 Å². The summed E-state index contributed by atoms with van der Waals surface area (Å²) in [6, 6.07) is 11.0. The van der Waals surface area contributed by atoms with Gasteiger partial charge in [-0.3, -0.25) is 14.6 Å². The topological polar surface area (TPSA) is 26.8 Å². The van der Waals surface area contributed by atoms with Gasteiger partial charge < -0.3 is 4.90 Å². The summed E-state index contributed by atoms with van der Waals surface area (Å²) in [5.74, 6) is 0.329. The van der Waals surface area contributed by atoms with Crippen LogP contribution in [0.2, 0.25) is 0 Å². The minimum atomic E-state index is 0.0320. The number of nitrogens with zero attached hydrogens (tertiary/aromatic N) is 3. The molecular formula is C20H27N3OS. The zero-order chi connectivity index (χ0) is 17.2. The Kier molecular flexibility index (Phi) is 5.06. The van der Waals surface area contributed by atoms with Gasteiger partial charge in [0.2, 0.25) is 5.91 Å². The number of amides is 1. The first kappa shape index (κ1) is 17.0. The molecule has 0 saturated carbocycles. The van der Waals surface area contributed by atoms with E-state index in [0.29, 0.717) is 5.91 Å². The van der Waals surface area contributed by atoms with Crippen molar-refractivity contribution in [1.29, 1.82) is 0 Å². The summed E-state index contributed by atoms with van der Waals surface area (Å²) in [6.45, 7) is 9.10. The number of hydrogen-bond acceptors (Lipinski definition) is 4. The molecule has 134 valence electrons. The fraction of sp³-hybridized carbons (Fsp3) is 0.550. The van der Waals surface area contributed by atoms with Crippen LogP contribution in [-0.4, -0.2) is 65.9 Å². The van der Waals surface area contributed by atoms with Crippen LogP contribution >= 0.6 is 11.3 Å². The van der Waals surface area contributed by atoms with Gasteiger partial charge in [-0.15, -0.1) is 11.3 Å². The van der Waals surface area contributed by atoms with E-state index in [-0.39, 0.29) is 6.04 Å². The van der Waals surface area contributed by atoms with Gasteiger partial charge in [-0.05, 0) is 37.3 Å². The normalized spacial score (nSPS) is 21.1. The number of carbonyl (C=O) groups is 1. The van der Waals surface area contributed by atoms with Crippen LogP contribution in [0.15, 0.2) is 30.3 Å². The maximum absolute atomic E-state index is 12.6. The Morgan fingerprint density at radius 2 is 1.80 bits per heavy atom. The van der Waals surface area contributed by atoms with Gasteiger partial charge >= 0.3 is 0 Å². The number of likely N-dealkylation sites (tertiary alicyclic amines) is 1. The summed E-state index contributed by atoms with van der Waals surface area (Å²) >= 11 is 1.90. The van der Waals surface area contributed by atoms with Gasteiger partial charge in [-0.1, -0.05) is 18.2 Å². The van der Waals surface area contributed by atoms with Gasteiger partial charge in [0.05, 0.1) is 6.04 Å². The molecule has 0 aliphatic carbocycles. The van der Waals surface area contributed by atoms with Crippen molar-refractivity contribution < 1.29 is 4.79 Å². The highest BCUT2D eigenvalue weighted by molar-refractivity contribution is 7.19. The molecule has 1 aromatic heterocycles. The third kappa shape index (κ3) is 3.73. The third-order valence-corrected chi connectivity index (χ3v) is 6.69. The summed E-state index contributed by atoms with van der Waals surface area (Å²) in [5, 5.41) is 1.35. The zero-order valence-corrected chi connectivity index (χ0v) is 15.8. The van der Waals surface area contributed by atoms with Crippen molar-refractivity contribution >= 4 is 27.3 Å². The Morgan fingerprint density at radius 1 is 1.08 bits per heavy atom. The molecule has 2 saturated heterocycles. The summed E-state index contributed by atoms with van der Waals surface area (Å²) < 4.78 is 1.38. The highest BCUT2D eigenvalue weighted by atomic mass is 32.1. The maximum atomic E-state index is 12.6. The maximum Gasteiger partial charge on any atom is 0.239 e. The predicted octanol–water partition coefficient (Wildman–Crippen LogP) is 3.03. The van der Waals surface area contributed by atoms with E-state index in [9.17, 15) is 4.79 Å². The second-order valence-electron chi connectivity index (χ2n) is 7.27. The Hall–Kier alpha value is -1.43. The number of carbonyl (C=O) groups excluding carboxylic acids is 1. The molecule has 2 aliphatic rings. The molecule has 0 N–H and O–H groups in total. The van der Waals surface area contributed by atoms with Gasteiger partial charge in [-0.25, -0.2) is 0 Å². The van der Waals surface area contributed by atoms with Crippen molar-refractivity contribution in [2.24, 2.45) is 0 Å². The van der Waals surface area contributed by atoms with E-state index in [0.717, 1.165) is 45.8 Å². The first-order chi connectivity index (χ1) is 12.2. The Balaban J connectivity index is 1.31. The van der Waals surface area contributed by atoms with Gasteiger partial charge in [0.1, 0.15) is 0 Å². The van der Waals surface area contributed by atoms with Crippen molar-refractivity contribution in [3.05, 3.63) is 35.2 Å². The minimum Gasteiger partial charge on any atom is -0.341 e. The van der Waals surface area contributed by atoms with Crippen molar-refractivity contribution in [2.45, 2.75) is 32.4 Å². The molecular weight excluding hydrogens is 330 g/mol. The van der Waals surface area contributed by atoms with Gasteiger partial charge in [0.15, 0.2) is 0 Å². The van der Waals surface area contributed by atoms with E-state index in [1.54, 1.807) is 0 Å². The number of rotatable bonds is 4. The average Bonchev–Trinajstić information content (AvgIpc) is 3.30. The van der Waals surface area contributed by atoms with Gasteiger partial charge in [-0.2, -0.15) is 0 Å². The number of hydrogen-bond donors (Lipinski definition) is 0. The predicted molar refractivity (Wildman–Crippen MR) is 104 cm³/mol. The number of benzene rings is 1. The first-order valence-electron chi connectivity index (χ1n) is 9.43. The first-order valence-corrected chi connectivity index (χ1v) is 10.2. The monoisotopic (exact) mass is 357 g/mol. The molecule has 3 heterocycles. The SMILES string of the molecule is CC(C(=O)N1CCCC1)N1CCN(Cc2cc3ccccc3s2)CC1. The van der Waals surface area contributed by atoms with Crippen LogP contribution in [0.1, 0.15) is 24.6 Å². The Bertz CT molecular complexity index is 696. The lowest BCUT2D eigenvalue weighted by Crippen LogP contribution is -2.53. The summed E-state index contributed by atoms with van der Waals surface area (Å²) in [7, 11) is 0. The van der Waals surface area contributed by atoms with Crippen LogP contribution in [0.3, 0.4) is 0 Å². The molecule has 2 aromatic rings. The molecule has 0 bridgehead atoms. The molecule has 0 radical (unpaired) electrons. The van der Waals surface area contributed by atoms with Crippen molar-refractivity contribution in [3.8, 4) is 0 Å². The van der Waals surface area contributed by atoms with Gasteiger partial charge in [0.25, 0.3) is 0 Å². The Labute approximate surface area is 154 Å². The number of piperazine rings is 1. The fourth-order valence-electron chi connectivity index (χ4n) is 4.00. The molecule has 0 spiro atoms. The van der Waals surface area contributed by atoms with E-state index in [1.165, 1.54) is 27.8 Å². The van der Waals surface area contributed by atoms with Crippen LogP contribution in [0.5, 0.6) is 0 Å². The van der Waals surface area contributed by atoms with E-state index >= 15 is 0 Å².